The summed E-state index contributed by atoms with van der Waals surface area (Å²) >= 11 is 0. The van der Waals surface area contributed by atoms with Crippen LogP contribution in [0, 0.1) is 11.3 Å². The number of methoxy groups -OCH3 is 1. The van der Waals surface area contributed by atoms with E-state index in [0.29, 0.717) is 60.8 Å². The first-order valence-electron chi connectivity index (χ1n) is 14.6. The van der Waals surface area contributed by atoms with E-state index in [2.05, 4.69) is 21.4 Å². The molecule has 3 aromatic rings. The van der Waals surface area contributed by atoms with Crippen molar-refractivity contribution in [3.05, 3.63) is 53.9 Å². The molecular formula is C32H38N6O5. The number of rotatable bonds is 7. The van der Waals surface area contributed by atoms with Gasteiger partial charge in [0, 0.05) is 43.1 Å². The molecule has 4 heterocycles. The molecule has 0 bridgehead atoms. The number of hydrogen-bond donors (Lipinski definition) is 1. The van der Waals surface area contributed by atoms with Gasteiger partial charge in [-0.1, -0.05) is 0 Å². The first-order valence-corrected chi connectivity index (χ1v) is 14.6. The molecule has 226 valence electrons. The predicted molar refractivity (Wildman–Crippen MR) is 161 cm³/mol. The van der Waals surface area contributed by atoms with Crippen LogP contribution >= 0.6 is 0 Å². The Bertz CT molecular complexity index is 1470. The van der Waals surface area contributed by atoms with Gasteiger partial charge < -0.3 is 29.2 Å². The van der Waals surface area contributed by atoms with Gasteiger partial charge in [-0.3, -0.25) is 0 Å². The summed E-state index contributed by atoms with van der Waals surface area (Å²) in [7, 11) is 1.61. The zero-order chi connectivity index (χ0) is 30.4. The van der Waals surface area contributed by atoms with Crippen LogP contribution in [0.25, 0.3) is 11.3 Å². The number of nitrogens with zero attached hydrogens (tertiary/aromatic N) is 5. The van der Waals surface area contributed by atoms with Gasteiger partial charge in [-0.2, -0.15) is 10.2 Å². The van der Waals surface area contributed by atoms with Gasteiger partial charge in [-0.05, 0) is 69.9 Å². The predicted octanol–water partition coefficient (Wildman–Crippen LogP) is 5.83. The second-order valence-corrected chi connectivity index (χ2v) is 11.7. The third kappa shape index (κ3) is 7.70. The lowest BCUT2D eigenvalue weighted by molar-refractivity contribution is 0.0204. The molecule has 0 saturated carbocycles. The quantitative estimate of drug-likeness (QED) is 0.360. The average Bonchev–Trinajstić information content (AvgIpc) is 3.01. The van der Waals surface area contributed by atoms with Crippen LogP contribution < -0.4 is 14.8 Å². The van der Waals surface area contributed by atoms with Gasteiger partial charge in [0.05, 0.1) is 31.6 Å². The molecular weight excluding hydrogens is 548 g/mol. The first kappa shape index (κ1) is 30.0. The summed E-state index contributed by atoms with van der Waals surface area (Å²) in [6, 6.07) is 13.5. The summed E-state index contributed by atoms with van der Waals surface area (Å²) in [6.45, 7) is 8.18. The Morgan fingerprint density at radius 1 is 1.05 bits per heavy atom. The van der Waals surface area contributed by atoms with Crippen molar-refractivity contribution >= 4 is 17.7 Å². The molecule has 1 aromatic carbocycles. The Morgan fingerprint density at radius 3 is 2.51 bits per heavy atom. The molecule has 5 rings (SSSR count). The van der Waals surface area contributed by atoms with Gasteiger partial charge in [-0.25, -0.2) is 14.8 Å². The van der Waals surface area contributed by atoms with Gasteiger partial charge >= 0.3 is 6.09 Å². The number of ether oxygens (including phenoxy) is 4. The van der Waals surface area contributed by atoms with E-state index in [0.717, 1.165) is 36.8 Å². The van der Waals surface area contributed by atoms with Crippen molar-refractivity contribution in [3.8, 4) is 29.0 Å². The van der Waals surface area contributed by atoms with Crippen molar-refractivity contribution in [2.45, 2.75) is 64.1 Å². The zero-order valence-electron chi connectivity index (χ0n) is 25.1. The van der Waals surface area contributed by atoms with Crippen molar-refractivity contribution < 1.29 is 23.7 Å². The van der Waals surface area contributed by atoms with Crippen LogP contribution in [0.1, 0.15) is 63.5 Å². The van der Waals surface area contributed by atoms with E-state index in [-0.39, 0.29) is 18.1 Å². The summed E-state index contributed by atoms with van der Waals surface area (Å²) in [5.41, 5.74) is 2.38. The van der Waals surface area contributed by atoms with E-state index in [4.69, 9.17) is 23.9 Å². The number of likely N-dealkylation sites (tertiary alicyclic amines) is 1. The summed E-state index contributed by atoms with van der Waals surface area (Å²) in [4.78, 5) is 27.7. The summed E-state index contributed by atoms with van der Waals surface area (Å²) in [5, 5.41) is 13.0. The topological polar surface area (TPSA) is 132 Å². The molecule has 11 nitrogen and oxygen atoms in total. The highest BCUT2D eigenvalue weighted by molar-refractivity contribution is 5.69. The van der Waals surface area contributed by atoms with Crippen LogP contribution in [-0.2, 0) is 9.47 Å². The Morgan fingerprint density at radius 2 is 1.81 bits per heavy atom. The highest BCUT2D eigenvalue weighted by Crippen LogP contribution is 2.35. The standard InChI is InChI=1S/C32H38N6O5/c1-32(2,3)43-31(39)38-13-9-21(10-14-38)25-6-8-28(37-30(25)40-4)36-29-18-26(34-20-35-29)22-5-7-27(23(17-22)19-33)42-24-11-15-41-16-12-24/h5-8,17-18,20-21,24H,9-16H2,1-4H3,(H,34,35,36,37). The molecule has 2 saturated heterocycles. The van der Waals surface area contributed by atoms with Crippen molar-refractivity contribution in [2.24, 2.45) is 0 Å². The number of piperidine rings is 1. The van der Waals surface area contributed by atoms with Gasteiger partial charge in [0.15, 0.2) is 0 Å². The molecule has 1 N–H and O–H groups in total. The molecule has 2 aliphatic heterocycles. The van der Waals surface area contributed by atoms with Crippen LogP contribution in [0.15, 0.2) is 42.7 Å². The average molecular weight is 587 g/mol. The van der Waals surface area contributed by atoms with Crippen molar-refractivity contribution in [1.82, 2.24) is 19.9 Å². The lowest BCUT2D eigenvalue weighted by Gasteiger charge is -2.33. The Kier molecular flexibility index (Phi) is 9.26. The number of amides is 1. The molecule has 0 radical (unpaired) electrons. The van der Waals surface area contributed by atoms with Gasteiger partial charge in [-0.15, -0.1) is 0 Å². The second kappa shape index (κ2) is 13.3. The molecule has 0 spiro atoms. The SMILES string of the molecule is COc1nc(Nc2cc(-c3ccc(OC4CCOCC4)c(C#N)c3)ncn2)ccc1C1CCN(C(=O)OC(C)(C)C)CC1. The Balaban J connectivity index is 1.25. The van der Waals surface area contributed by atoms with Crippen LogP contribution in [0.4, 0.5) is 16.4 Å². The molecule has 2 aromatic heterocycles. The largest absolute Gasteiger partial charge is 0.489 e. The molecule has 2 aliphatic rings. The van der Waals surface area contributed by atoms with Crippen molar-refractivity contribution in [2.75, 3.05) is 38.7 Å². The maximum absolute atomic E-state index is 12.5. The third-order valence-corrected chi connectivity index (χ3v) is 7.45. The van der Waals surface area contributed by atoms with E-state index >= 15 is 0 Å². The molecule has 0 unspecified atom stereocenters. The minimum Gasteiger partial charge on any atom is -0.489 e. The zero-order valence-corrected chi connectivity index (χ0v) is 25.1. The molecule has 0 aliphatic carbocycles. The van der Waals surface area contributed by atoms with Crippen LogP contribution in [0.5, 0.6) is 11.6 Å². The highest BCUT2D eigenvalue weighted by Gasteiger charge is 2.29. The number of pyridine rings is 1. The Labute approximate surface area is 252 Å². The summed E-state index contributed by atoms with van der Waals surface area (Å²) < 4.78 is 22.7. The van der Waals surface area contributed by atoms with E-state index in [1.807, 2.05) is 51.1 Å². The highest BCUT2D eigenvalue weighted by atomic mass is 16.6. The fourth-order valence-corrected chi connectivity index (χ4v) is 5.26. The molecule has 1 amide bonds. The fraction of sp³-hybridized carbons (Fsp3) is 0.469. The number of nitriles is 1. The molecule has 43 heavy (non-hydrogen) atoms. The number of carbonyl (C=O) groups is 1. The monoisotopic (exact) mass is 586 g/mol. The normalized spacial score (nSPS) is 16.3. The van der Waals surface area contributed by atoms with E-state index in [1.54, 1.807) is 18.1 Å². The first-order chi connectivity index (χ1) is 20.7. The summed E-state index contributed by atoms with van der Waals surface area (Å²) in [6.07, 6.45) is 4.44. The number of nitrogens with one attached hydrogen (secondary N) is 1. The maximum atomic E-state index is 12.5. The lowest BCUT2D eigenvalue weighted by atomic mass is 9.90. The minimum atomic E-state index is -0.516. The van der Waals surface area contributed by atoms with Crippen LogP contribution in [-0.4, -0.2) is 71.1 Å². The van der Waals surface area contributed by atoms with E-state index in [1.165, 1.54) is 6.33 Å². The maximum Gasteiger partial charge on any atom is 0.410 e. The Hall–Kier alpha value is -4.43. The smallest absolute Gasteiger partial charge is 0.410 e. The van der Waals surface area contributed by atoms with Crippen molar-refractivity contribution in [1.29, 1.82) is 5.26 Å². The number of carbonyl (C=O) groups excluding carboxylic acids is 1. The van der Waals surface area contributed by atoms with E-state index < -0.39 is 5.60 Å². The lowest BCUT2D eigenvalue weighted by Crippen LogP contribution is -2.41. The van der Waals surface area contributed by atoms with Gasteiger partial charge in [0.2, 0.25) is 5.88 Å². The molecule has 2 fully saturated rings. The van der Waals surface area contributed by atoms with Crippen LogP contribution in [0.2, 0.25) is 0 Å². The number of aromatic nitrogens is 3. The summed E-state index contributed by atoms with van der Waals surface area (Å²) in [5.74, 6) is 2.45. The van der Waals surface area contributed by atoms with Gasteiger partial charge in [0.1, 0.15) is 41.5 Å². The minimum absolute atomic E-state index is 0.0440. The van der Waals surface area contributed by atoms with Gasteiger partial charge in [0.25, 0.3) is 0 Å². The molecule has 11 heteroatoms. The number of anilines is 2. The second-order valence-electron chi connectivity index (χ2n) is 11.7. The molecule has 0 atom stereocenters. The number of benzene rings is 1. The fourth-order valence-electron chi connectivity index (χ4n) is 5.26. The van der Waals surface area contributed by atoms with E-state index in [9.17, 15) is 10.1 Å². The van der Waals surface area contributed by atoms with Crippen LogP contribution in [0.3, 0.4) is 0 Å². The third-order valence-electron chi connectivity index (χ3n) is 7.45. The van der Waals surface area contributed by atoms with Crippen molar-refractivity contribution in [3.63, 3.8) is 0 Å². The number of hydrogen-bond acceptors (Lipinski definition) is 10.